The predicted molar refractivity (Wildman–Crippen MR) is 124 cm³/mol. The maximum absolute atomic E-state index is 14.0. The van der Waals surface area contributed by atoms with Crippen LogP contribution in [0.15, 0.2) is 36.4 Å². The zero-order valence-corrected chi connectivity index (χ0v) is 20.8. The van der Waals surface area contributed by atoms with Crippen molar-refractivity contribution in [2.75, 3.05) is 41.4 Å². The van der Waals surface area contributed by atoms with Gasteiger partial charge in [0.1, 0.15) is 11.4 Å². The standard InChI is InChI=1S/C23H20F7N3O5S/c1-31(15-4-2-14(24)3-5-15)21(35)38-19-17(23(28,29)30)10-13(22(25,26)27)11-18(19)33-8-7-32(20(33)34)16-6-9-39(36,37)12-16/h2-5,10-11,16H,6-9,12H2,1H3. The van der Waals surface area contributed by atoms with E-state index in [9.17, 15) is 48.7 Å². The molecule has 3 amide bonds. The molecule has 212 valence electrons. The molecule has 0 aliphatic carbocycles. The molecule has 0 spiro atoms. The summed E-state index contributed by atoms with van der Waals surface area (Å²) in [6, 6.07) is 2.35. The Bertz CT molecular complexity index is 1390. The van der Waals surface area contributed by atoms with E-state index in [0.717, 1.165) is 36.2 Å². The van der Waals surface area contributed by atoms with Crippen molar-refractivity contribution in [3.8, 4) is 5.75 Å². The molecule has 1 unspecified atom stereocenters. The van der Waals surface area contributed by atoms with Crippen molar-refractivity contribution in [3.05, 3.63) is 53.3 Å². The van der Waals surface area contributed by atoms with Crippen LogP contribution < -0.4 is 14.5 Å². The van der Waals surface area contributed by atoms with Gasteiger partial charge in [0, 0.05) is 31.9 Å². The van der Waals surface area contributed by atoms with Gasteiger partial charge in [-0.25, -0.2) is 22.4 Å². The van der Waals surface area contributed by atoms with Crippen molar-refractivity contribution in [2.45, 2.75) is 24.8 Å². The number of carbonyl (C=O) groups excluding carboxylic acids is 2. The van der Waals surface area contributed by atoms with E-state index in [-0.39, 0.29) is 36.5 Å². The number of carbonyl (C=O) groups is 2. The smallest absolute Gasteiger partial charge is 0.407 e. The Hall–Kier alpha value is -3.56. The molecule has 39 heavy (non-hydrogen) atoms. The summed E-state index contributed by atoms with van der Waals surface area (Å²) >= 11 is 0. The summed E-state index contributed by atoms with van der Waals surface area (Å²) in [6.07, 6.45) is -12.1. The van der Waals surface area contributed by atoms with Gasteiger partial charge in [-0.15, -0.1) is 0 Å². The zero-order valence-electron chi connectivity index (χ0n) is 20.0. The van der Waals surface area contributed by atoms with Crippen molar-refractivity contribution in [3.63, 3.8) is 0 Å². The zero-order chi connectivity index (χ0) is 28.9. The Morgan fingerprint density at radius 1 is 1.03 bits per heavy atom. The molecule has 2 saturated heterocycles. The Balaban J connectivity index is 1.78. The van der Waals surface area contributed by atoms with Gasteiger partial charge in [-0.3, -0.25) is 9.80 Å². The van der Waals surface area contributed by atoms with Crippen LogP contribution in [-0.2, 0) is 22.2 Å². The quantitative estimate of drug-likeness (QED) is 0.477. The molecular formula is C23H20F7N3O5S. The van der Waals surface area contributed by atoms with Crippen LogP contribution >= 0.6 is 0 Å². The third-order valence-electron chi connectivity index (χ3n) is 6.36. The Morgan fingerprint density at radius 3 is 2.21 bits per heavy atom. The van der Waals surface area contributed by atoms with E-state index in [1.54, 1.807) is 0 Å². The van der Waals surface area contributed by atoms with E-state index in [0.29, 0.717) is 9.80 Å². The minimum Gasteiger partial charge on any atom is -0.407 e. The van der Waals surface area contributed by atoms with Crippen LogP contribution in [0, 0.1) is 5.82 Å². The summed E-state index contributed by atoms with van der Waals surface area (Å²) in [5, 5.41) is 0. The average Bonchev–Trinajstić information content (AvgIpc) is 3.38. The molecule has 0 saturated carbocycles. The molecule has 0 bridgehead atoms. The van der Waals surface area contributed by atoms with Crippen molar-refractivity contribution in [1.29, 1.82) is 0 Å². The van der Waals surface area contributed by atoms with Crippen molar-refractivity contribution >= 4 is 33.3 Å². The lowest BCUT2D eigenvalue weighted by molar-refractivity contribution is -0.143. The van der Waals surface area contributed by atoms with Crippen LogP contribution in [0.5, 0.6) is 5.75 Å². The van der Waals surface area contributed by atoms with E-state index in [2.05, 4.69) is 0 Å². The number of anilines is 2. The molecule has 8 nitrogen and oxygen atoms in total. The first-order valence-electron chi connectivity index (χ1n) is 11.3. The van der Waals surface area contributed by atoms with E-state index in [4.69, 9.17) is 4.74 Å². The van der Waals surface area contributed by atoms with Crippen LogP contribution in [0.4, 0.5) is 51.7 Å². The Labute approximate surface area is 217 Å². The Kier molecular flexibility index (Phi) is 7.21. The number of alkyl halides is 6. The summed E-state index contributed by atoms with van der Waals surface area (Å²) in [5.41, 5.74) is -4.67. The average molecular weight is 583 g/mol. The second-order valence-electron chi connectivity index (χ2n) is 8.96. The van der Waals surface area contributed by atoms with E-state index in [1.165, 1.54) is 0 Å². The number of nitrogens with zero attached hydrogens (tertiary/aromatic N) is 3. The summed E-state index contributed by atoms with van der Waals surface area (Å²) in [4.78, 5) is 28.3. The molecule has 0 aromatic heterocycles. The van der Waals surface area contributed by atoms with Crippen molar-refractivity contribution in [2.24, 2.45) is 0 Å². The van der Waals surface area contributed by atoms with Crippen LogP contribution in [-0.4, -0.2) is 63.1 Å². The lowest BCUT2D eigenvalue weighted by atomic mass is 10.1. The highest BCUT2D eigenvalue weighted by Gasteiger charge is 2.45. The molecule has 2 fully saturated rings. The van der Waals surface area contributed by atoms with Gasteiger partial charge in [0.15, 0.2) is 15.6 Å². The highest BCUT2D eigenvalue weighted by molar-refractivity contribution is 7.91. The third-order valence-corrected chi connectivity index (χ3v) is 8.11. The van der Waals surface area contributed by atoms with Crippen LogP contribution in [0.1, 0.15) is 17.5 Å². The number of hydrogen-bond acceptors (Lipinski definition) is 5. The first kappa shape index (κ1) is 28.4. The van der Waals surface area contributed by atoms with Crippen LogP contribution in [0.2, 0.25) is 0 Å². The number of rotatable bonds is 4. The van der Waals surface area contributed by atoms with Gasteiger partial charge in [-0.2, -0.15) is 26.3 Å². The van der Waals surface area contributed by atoms with Crippen LogP contribution in [0.3, 0.4) is 0 Å². The van der Waals surface area contributed by atoms with Gasteiger partial charge in [0.05, 0.1) is 22.8 Å². The second-order valence-corrected chi connectivity index (χ2v) is 11.2. The molecule has 0 N–H and O–H groups in total. The van der Waals surface area contributed by atoms with Crippen molar-refractivity contribution in [1.82, 2.24) is 4.90 Å². The number of sulfone groups is 1. The molecule has 1 atom stereocenters. The SMILES string of the molecule is CN(C(=O)Oc1c(N2CCN(C3CCS(=O)(=O)C3)C2=O)cc(C(F)(F)F)cc1C(F)(F)F)c1ccc(F)cc1. The molecule has 2 aromatic carbocycles. The largest absolute Gasteiger partial charge is 0.420 e. The van der Waals surface area contributed by atoms with Gasteiger partial charge >= 0.3 is 24.5 Å². The monoisotopic (exact) mass is 583 g/mol. The van der Waals surface area contributed by atoms with E-state index in [1.807, 2.05) is 0 Å². The first-order valence-corrected chi connectivity index (χ1v) is 13.1. The molecule has 2 aliphatic heterocycles. The van der Waals surface area contributed by atoms with Crippen LogP contribution in [0.25, 0.3) is 0 Å². The molecule has 16 heteroatoms. The van der Waals surface area contributed by atoms with Gasteiger partial charge in [-0.1, -0.05) is 0 Å². The maximum Gasteiger partial charge on any atom is 0.420 e. The summed E-state index contributed by atoms with van der Waals surface area (Å²) in [5.74, 6) is -2.63. The highest BCUT2D eigenvalue weighted by Crippen LogP contribution is 2.47. The number of halogens is 7. The minimum absolute atomic E-state index is 0.00529. The fourth-order valence-electron chi connectivity index (χ4n) is 4.36. The second kappa shape index (κ2) is 9.88. The lowest BCUT2D eigenvalue weighted by Gasteiger charge is -2.27. The van der Waals surface area contributed by atoms with Gasteiger partial charge in [0.25, 0.3) is 0 Å². The number of benzene rings is 2. The molecule has 2 heterocycles. The van der Waals surface area contributed by atoms with E-state index < -0.39 is 81.0 Å². The van der Waals surface area contributed by atoms with Crippen molar-refractivity contribution < 1.29 is 53.5 Å². The normalized spacial score (nSPS) is 19.5. The number of urea groups is 1. The number of amides is 3. The predicted octanol–water partition coefficient (Wildman–Crippen LogP) is 4.93. The summed E-state index contributed by atoms with van der Waals surface area (Å²) in [7, 11) is -2.38. The van der Waals surface area contributed by atoms with Gasteiger partial charge in [-0.05, 0) is 42.8 Å². The van der Waals surface area contributed by atoms with E-state index >= 15 is 0 Å². The molecule has 4 rings (SSSR count). The highest BCUT2D eigenvalue weighted by atomic mass is 32.2. The summed E-state index contributed by atoms with van der Waals surface area (Å²) in [6.45, 7) is -0.578. The minimum atomic E-state index is -5.44. The topological polar surface area (TPSA) is 87.2 Å². The molecule has 2 aromatic rings. The lowest BCUT2D eigenvalue weighted by Crippen LogP contribution is -2.40. The molecule has 2 aliphatic rings. The fourth-order valence-corrected chi connectivity index (χ4v) is 6.09. The third kappa shape index (κ3) is 5.89. The summed E-state index contributed by atoms with van der Waals surface area (Å²) < 4.78 is 125. The number of hydrogen-bond donors (Lipinski definition) is 0. The fraction of sp³-hybridized carbons (Fsp3) is 0.391. The van der Waals surface area contributed by atoms with Gasteiger partial charge in [0.2, 0.25) is 0 Å². The first-order chi connectivity index (χ1) is 18.0. The van der Waals surface area contributed by atoms with Gasteiger partial charge < -0.3 is 9.64 Å². The Morgan fingerprint density at radius 2 is 1.67 bits per heavy atom. The maximum atomic E-state index is 14.0. The molecular weight excluding hydrogens is 563 g/mol. The molecule has 0 radical (unpaired) electrons. The number of ether oxygens (including phenoxy) is 1.